The molecule has 184 valence electrons. The molecule has 0 aliphatic rings. The first-order valence-corrected chi connectivity index (χ1v) is 11.6. The molecule has 4 rings (SSSR count). The average molecular weight is 526 g/mol. The third-order valence-corrected chi connectivity index (χ3v) is 5.98. The quantitative estimate of drug-likeness (QED) is 0.246. The molecule has 8 nitrogen and oxygen atoms in total. The fourth-order valence-corrected chi connectivity index (χ4v) is 3.93. The minimum Gasteiger partial charge on any atom is -0.432 e. The largest absolute Gasteiger partial charge is 0.432 e. The number of rotatable bonds is 5. The number of nitrogens with one attached hydrogen (secondary N) is 2. The lowest BCUT2D eigenvalue weighted by molar-refractivity contribution is -0.135. The fraction of sp³-hybridized carbons (Fsp3) is 0.154. The molecule has 0 saturated heterocycles. The number of carbonyl (C=O) groups excluding carboxylic acids is 3. The topological polar surface area (TPSA) is 122 Å². The number of likely N-dealkylation sites (N-methyl/N-ethyl adjacent to an activating group) is 1. The van der Waals surface area contributed by atoms with E-state index >= 15 is 0 Å². The monoisotopic (exact) mass is 525 g/mol. The van der Waals surface area contributed by atoms with E-state index in [0.717, 1.165) is 5.56 Å². The number of amides is 2. The van der Waals surface area contributed by atoms with Crippen LogP contribution in [0.1, 0.15) is 24.4 Å². The Morgan fingerprint density at radius 1 is 0.972 bits per heavy atom. The number of hydrogen-bond donors (Lipinski definition) is 3. The van der Waals surface area contributed by atoms with Gasteiger partial charge in [0.25, 0.3) is 0 Å². The highest BCUT2D eigenvalue weighted by Gasteiger charge is 2.34. The van der Waals surface area contributed by atoms with Gasteiger partial charge >= 0.3 is 11.8 Å². The number of pyridine rings is 1. The molecular formula is C26H21Cl2N3O5. The van der Waals surface area contributed by atoms with E-state index < -0.39 is 23.2 Å². The van der Waals surface area contributed by atoms with E-state index in [4.69, 9.17) is 27.6 Å². The molecule has 10 heteroatoms. The second kappa shape index (κ2) is 9.73. The van der Waals surface area contributed by atoms with Crippen molar-refractivity contribution in [2.24, 2.45) is 0 Å². The van der Waals surface area contributed by atoms with Crippen molar-refractivity contribution >= 4 is 57.6 Å². The Morgan fingerprint density at radius 2 is 1.64 bits per heavy atom. The molecule has 2 heterocycles. The SMILES string of the molecule is CNC(=O)C(=O)Nc1c(C(=O)C(C)(C)O)oc2nc(-c3ccccc3Cl)c(-c3ccc(Cl)cc3)cc12. The van der Waals surface area contributed by atoms with Crippen molar-refractivity contribution in [3.63, 3.8) is 0 Å². The molecule has 2 amide bonds. The van der Waals surface area contributed by atoms with Crippen LogP contribution in [-0.2, 0) is 9.59 Å². The van der Waals surface area contributed by atoms with Crippen molar-refractivity contribution in [2.75, 3.05) is 12.4 Å². The van der Waals surface area contributed by atoms with E-state index in [-0.39, 0.29) is 22.5 Å². The predicted molar refractivity (Wildman–Crippen MR) is 138 cm³/mol. The minimum atomic E-state index is -1.83. The Labute approximate surface area is 216 Å². The van der Waals surface area contributed by atoms with Crippen LogP contribution < -0.4 is 10.6 Å². The number of nitrogens with zero attached hydrogens (tertiary/aromatic N) is 1. The van der Waals surface area contributed by atoms with Crippen LogP contribution in [0.3, 0.4) is 0 Å². The summed E-state index contributed by atoms with van der Waals surface area (Å²) in [5.41, 5.74) is 0.478. The number of furan rings is 1. The number of carbonyl (C=O) groups is 3. The fourth-order valence-electron chi connectivity index (χ4n) is 3.58. The number of fused-ring (bicyclic) bond motifs is 1. The smallest absolute Gasteiger partial charge is 0.313 e. The number of hydrogen-bond acceptors (Lipinski definition) is 6. The maximum Gasteiger partial charge on any atom is 0.313 e. The zero-order valence-corrected chi connectivity index (χ0v) is 21.0. The first-order chi connectivity index (χ1) is 17.0. The van der Waals surface area contributed by atoms with Gasteiger partial charge in [-0.25, -0.2) is 4.98 Å². The molecule has 0 saturated carbocycles. The lowest BCUT2D eigenvalue weighted by Gasteiger charge is -2.14. The van der Waals surface area contributed by atoms with Crippen LogP contribution in [0.5, 0.6) is 0 Å². The Kier molecular flexibility index (Phi) is 6.86. The molecule has 4 aromatic rings. The highest BCUT2D eigenvalue weighted by molar-refractivity contribution is 6.40. The standard InChI is InChI=1S/C26H21Cl2N3O5/c1-26(2,35)22(32)21-20(30-24(34)23(33)29-3)17-12-16(13-8-10-14(27)11-9-13)19(31-25(17)36-21)15-6-4-5-7-18(15)28/h4-12,35H,1-3H3,(H,29,33)(H,30,34). The van der Waals surface area contributed by atoms with Crippen LogP contribution in [0.2, 0.25) is 10.0 Å². The number of Topliss-reactive ketones (excluding diaryl/α,β-unsaturated/α-hetero) is 1. The molecule has 0 radical (unpaired) electrons. The zero-order chi connectivity index (χ0) is 26.2. The van der Waals surface area contributed by atoms with Gasteiger partial charge in [-0.15, -0.1) is 0 Å². The Hall–Kier alpha value is -3.72. The van der Waals surface area contributed by atoms with E-state index in [1.807, 2.05) is 0 Å². The second-order valence-electron chi connectivity index (χ2n) is 8.45. The van der Waals surface area contributed by atoms with Crippen molar-refractivity contribution in [3.05, 3.63) is 70.4 Å². The highest BCUT2D eigenvalue weighted by Crippen LogP contribution is 2.41. The van der Waals surface area contributed by atoms with Gasteiger partial charge in [0.15, 0.2) is 5.76 Å². The van der Waals surface area contributed by atoms with Gasteiger partial charge in [0.2, 0.25) is 11.5 Å². The van der Waals surface area contributed by atoms with E-state index in [1.54, 1.807) is 54.6 Å². The van der Waals surface area contributed by atoms with Gasteiger partial charge in [-0.3, -0.25) is 14.4 Å². The normalized spacial score (nSPS) is 11.4. The molecule has 2 aromatic carbocycles. The molecule has 0 fully saturated rings. The number of halogens is 2. The Bertz CT molecular complexity index is 1500. The molecule has 0 unspecified atom stereocenters. The van der Waals surface area contributed by atoms with Gasteiger partial charge < -0.3 is 20.2 Å². The second-order valence-corrected chi connectivity index (χ2v) is 9.30. The summed E-state index contributed by atoms with van der Waals surface area (Å²) in [6.45, 7) is 2.57. The van der Waals surface area contributed by atoms with Gasteiger partial charge in [-0.2, -0.15) is 0 Å². The van der Waals surface area contributed by atoms with Crippen molar-refractivity contribution in [1.82, 2.24) is 10.3 Å². The number of anilines is 1. The zero-order valence-electron chi connectivity index (χ0n) is 19.5. The van der Waals surface area contributed by atoms with Crippen molar-refractivity contribution in [2.45, 2.75) is 19.4 Å². The third kappa shape index (κ3) is 4.83. The summed E-state index contributed by atoms with van der Waals surface area (Å²) in [5.74, 6) is -3.10. The molecular weight excluding hydrogens is 505 g/mol. The van der Waals surface area contributed by atoms with Crippen molar-refractivity contribution in [1.29, 1.82) is 0 Å². The van der Waals surface area contributed by atoms with E-state index in [2.05, 4.69) is 15.6 Å². The summed E-state index contributed by atoms with van der Waals surface area (Å²) < 4.78 is 5.78. The Balaban J connectivity index is 2.05. The summed E-state index contributed by atoms with van der Waals surface area (Å²) in [6, 6.07) is 15.8. The molecule has 0 aliphatic heterocycles. The van der Waals surface area contributed by atoms with Gasteiger partial charge in [0, 0.05) is 28.2 Å². The number of ketones is 1. The lowest BCUT2D eigenvalue weighted by atomic mass is 9.97. The molecule has 36 heavy (non-hydrogen) atoms. The Morgan fingerprint density at radius 3 is 2.25 bits per heavy atom. The lowest BCUT2D eigenvalue weighted by Crippen LogP contribution is -2.34. The molecule has 3 N–H and O–H groups in total. The van der Waals surface area contributed by atoms with Crippen LogP contribution in [0.25, 0.3) is 33.5 Å². The third-order valence-electron chi connectivity index (χ3n) is 5.40. The molecule has 2 aromatic heterocycles. The number of benzene rings is 2. The summed E-state index contributed by atoms with van der Waals surface area (Å²) >= 11 is 12.6. The molecule has 0 aliphatic carbocycles. The van der Waals surface area contributed by atoms with E-state index in [0.29, 0.717) is 26.9 Å². The van der Waals surface area contributed by atoms with Gasteiger partial charge in [-0.1, -0.05) is 53.5 Å². The summed E-state index contributed by atoms with van der Waals surface area (Å²) in [5, 5.41) is 16.2. The molecule has 0 atom stereocenters. The molecule has 0 spiro atoms. The van der Waals surface area contributed by atoms with E-state index in [1.165, 1.54) is 20.9 Å². The van der Waals surface area contributed by atoms with Crippen LogP contribution in [-0.4, -0.2) is 40.3 Å². The van der Waals surface area contributed by atoms with Gasteiger partial charge in [0.1, 0.15) is 11.3 Å². The van der Waals surface area contributed by atoms with Crippen LogP contribution in [0, 0.1) is 0 Å². The van der Waals surface area contributed by atoms with Crippen LogP contribution in [0.4, 0.5) is 5.69 Å². The summed E-state index contributed by atoms with van der Waals surface area (Å²) in [4.78, 5) is 42.0. The van der Waals surface area contributed by atoms with Crippen molar-refractivity contribution < 1.29 is 23.9 Å². The van der Waals surface area contributed by atoms with E-state index in [9.17, 15) is 19.5 Å². The maximum atomic E-state index is 13.0. The van der Waals surface area contributed by atoms with Gasteiger partial charge in [-0.05, 0) is 43.7 Å². The highest BCUT2D eigenvalue weighted by atomic mass is 35.5. The van der Waals surface area contributed by atoms with Gasteiger partial charge in [0.05, 0.1) is 11.1 Å². The first-order valence-electron chi connectivity index (χ1n) is 10.8. The first kappa shape index (κ1) is 25.4. The summed E-state index contributed by atoms with van der Waals surface area (Å²) in [7, 11) is 1.30. The number of aliphatic hydroxyl groups is 1. The van der Waals surface area contributed by atoms with Crippen LogP contribution >= 0.6 is 23.2 Å². The average Bonchev–Trinajstić information content (AvgIpc) is 3.19. The minimum absolute atomic E-state index is 0.00226. The number of aromatic nitrogens is 1. The van der Waals surface area contributed by atoms with Crippen LogP contribution in [0.15, 0.2) is 59.0 Å². The summed E-state index contributed by atoms with van der Waals surface area (Å²) in [6.07, 6.45) is 0. The van der Waals surface area contributed by atoms with Crippen molar-refractivity contribution in [3.8, 4) is 22.4 Å². The maximum absolute atomic E-state index is 13.0. The predicted octanol–water partition coefficient (Wildman–Crippen LogP) is 5.11. The molecule has 0 bridgehead atoms.